The van der Waals surface area contributed by atoms with Crippen LogP contribution in [0, 0.1) is 0 Å². The smallest absolute Gasteiger partial charge is 0.227 e. The van der Waals surface area contributed by atoms with Crippen LogP contribution in [0.25, 0.3) is 0 Å². The second-order valence-corrected chi connectivity index (χ2v) is 6.99. The highest BCUT2D eigenvalue weighted by molar-refractivity contribution is 9.10. The van der Waals surface area contributed by atoms with E-state index in [4.69, 9.17) is 4.74 Å². The molecular formula is C19H21BrN2O2. The normalized spacial score (nSPS) is 17.0. The van der Waals surface area contributed by atoms with Gasteiger partial charge in [-0.15, -0.1) is 0 Å². The Morgan fingerprint density at radius 1 is 1.25 bits per heavy atom. The van der Waals surface area contributed by atoms with Crippen molar-refractivity contribution in [3.8, 4) is 0 Å². The Balaban J connectivity index is 1.69. The second kappa shape index (κ2) is 8.40. The summed E-state index contributed by atoms with van der Waals surface area (Å²) in [5.74, 6) is 0.122. The van der Waals surface area contributed by atoms with Crippen LogP contribution in [0.2, 0.25) is 0 Å². The van der Waals surface area contributed by atoms with Crippen molar-refractivity contribution in [2.45, 2.75) is 31.9 Å². The molecule has 0 spiro atoms. The summed E-state index contributed by atoms with van der Waals surface area (Å²) in [5.41, 5.74) is 2.06. The molecule has 3 rings (SSSR count). The van der Waals surface area contributed by atoms with Crippen molar-refractivity contribution >= 4 is 21.8 Å². The van der Waals surface area contributed by atoms with E-state index in [0.29, 0.717) is 19.5 Å². The van der Waals surface area contributed by atoms with Crippen LogP contribution in [0.4, 0.5) is 0 Å². The van der Waals surface area contributed by atoms with E-state index in [1.54, 1.807) is 6.20 Å². The summed E-state index contributed by atoms with van der Waals surface area (Å²) in [7, 11) is 0. The summed E-state index contributed by atoms with van der Waals surface area (Å²) >= 11 is 3.42. The SMILES string of the molecule is O=C(Cc1ccc(Br)cc1)N(Cc1cccnc1)CC1CCCO1. The third kappa shape index (κ3) is 4.89. The molecule has 126 valence electrons. The van der Waals surface area contributed by atoms with Crippen molar-refractivity contribution in [3.63, 3.8) is 0 Å². The fourth-order valence-electron chi connectivity index (χ4n) is 2.89. The molecule has 1 aliphatic heterocycles. The van der Waals surface area contributed by atoms with E-state index in [2.05, 4.69) is 20.9 Å². The van der Waals surface area contributed by atoms with E-state index >= 15 is 0 Å². The number of aromatic nitrogens is 1. The molecule has 1 aromatic heterocycles. The van der Waals surface area contributed by atoms with E-state index in [0.717, 1.165) is 35.0 Å². The minimum Gasteiger partial charge on any atom is -0.376 e. The van der Waals surface area contributed by atoms with Gasteiger partial charge in [0, 0.05) is 36.6 Å². The largest absolute Gasteiger partial charge is 0.376 e. The van der Waals surface area contributed by atoms with Gasteiger partial charge in [-0.05, 0) is 42.2 Å². The fourth-order valence-corrected chi connectivity index (χ4v) is 3.15. The molecule has 4 nitrogen and oxygen atoms in total. The van der Waals surface area contributed by atoms with Crippen molar-refractivity contribution in [1.29, 1.82) is 0 Å². The maximum Gasteiger partial charge on any atom is 0.227 e. The highest BCUT2D eigenvalue weighted by Gasteiger charge is 2.23. The monoisotopic (exact) mass is 388 g/mol. The van der Waals surface area contributed by atoms with E-state index in [9.17, 15) is 4.79 Å². The molecule has 2 aromatic rings. The predicted molar refractivity (Wildman–Crippen MR) is 96.5 cm³/mol. The van der Waals surface area contributed by atoms with Crippen LogP contribution in [0.1, 0.15) is 24.0 Å². The van der Waals surface area contributed by atoms with Crippen LogP contribution in [-0.2, 0) is 22.5 Å². The number of benzene rings is 1. The molecule has 1 aromatic carbocycles. The Kier molecular flexibility index (Phi) is 5.99. The zero-order valence-corrected chi connectivity index (χ0v) is 15.1. The van der Waals surface area contributed by atoms with Gasteiger partial charge in [0.1, 0.15) is 0 Å². The first-order valence-corrected chi connectivity index (χ1v) is 9.03. The molecule has 1 fully saturated rings. The van der Waals surface area contributed by atoms with Gasteiger partial charge in [0.05, 0.1) is 12.5 Å². The average molecular weight is 389 g/mol. The number of carbonyl (C=O) groups is 1. The lowest BCUT2D eigenvalue weighted by molar-refractivity contribution is -0.132. The van der Waals surface area contributed by atoms with Gasteiger partial charge in [-0.25, -0.2) is 0 Å². The number of ether oxygens (including phenoxy) is 1. The molecule has 1 aliphatic rings. The number of amides is 1. The average Bonchev–Trinajstić information content (AvgIpc) is 3.10. The van der Waals surface area contributed by atoms with Crippen LogP contribution in [0.5, 0.6) is 0 Å². The maximum atomic E-state index is 12.8. The molecule has 0 bridgehead atoms. The number of hydrogen-bond donors (Lipinski definition) is 0. The topological polar surface area (TPSA) is 42.4 Å². The van der Waals surface area contributed by atoms with Gasteiger partial charge >= 0.3 is 0 Å². The molecule has 1 atom stereocenters. The Morgan fingerprint density at radius 2 is 2.08 bits per heavy atom. The van der Waals surface area contributed by atoms with Crippen LogP contribution < -0.4 is 0 Å². The third-order valence-corrected chi connectivity index (χ3v) is 4.69. The summed E-state index contributed by atoms with van der Waals surface area (Å²) in [6, 6.07) is 11.8. The molecule has 1 saturated heterocycles. The van der Waals surface area contributed by atoms with Crippen molar-refractivity contribution < 1.29 is 9.53 Å². The third-order valence-electron chi connectivity index (χ3n) is 4.17. The lowest BCUT2D eigenvalue weighted by Crippen LogP contribution is -2.37. The van der Waals surface area contributed by atoms with Gasteiger partial charge in [0.15, 0.2) is 0 Å². The first kappa shape index (κ1) is 17.1. The van der Waals surface area contributed by atoms with Crippen LogP contribution in [-0.4, -0.2) is 35.0 Å². The van der Waals surface area contributed by atoms with Gasteiger partial charge in [-0.1, -0.05) is 34.1 Å². The molecule has 0 aliphatic carbocycles. The molecule has 1 amide bonds. The van der Waals surface area contributed by atoms with Crippen molar-refractivity contribution in [1.82, 2.24) is 9.88 Å². The Labute approximate surface area is 151 Å². The standard InChI is InChI=1S/C19H21BrN2O2/c20-17-7-5-15(6-8-17)11-19(23)22(14-18-4-2-10-24-18)13-16-3-1-9-21-12-16/h1,3,5-9,12,18H,2,4,10-11,13-14H2. The van der Waals surface area contributed by atoms with Gasteiger partial charge < -0.3 is 9.64 Å². The lowest BCUT2D eigenvalue weighted by atomic mass is 10.1. The van der Waals surface area contributed by atoms with Crippen molar-refractivity contribution in [2.75, 3.05) is 13.2 Å². The highest BCUT2D eigenvalue weighted by Crippen LogP contribution is 2.17. The summed E-state index contributed by atoms with van der Waals surface area (Å²) in [4.78, 5) is 18.9. The van der Waals surface area contributed by atoms with Crippen molar-refractivity contribution in [2.24, 2.45) is 0 Å². The number of carbonyl (C=O) groups excluding carboxylic acids is 1. The number of nitrogens with zero attached hydrogens (tertiary/aromatic N) is 2. The minimum atomic E-state index is 0.122. The zero-order valence-electron chi connectivity index (χ0n) is 13.5. The molecule has 5 heteroatoms. The summed E-state index contributed by atoms with van der Waals surface area (Å²) in [5, 5.41) is 0. The van der Waals surface area contributed by atoms with Gasteiger partial charge in [0.25, 0.3) is 0 Å². The summed E-state index contributed by atoms with van der Waals surface area (Å²) < 4.78 is 6.74. The molecule has 2 heterocycles. The Bertz CT molecular complexity index is 655. The quantitative estimate of drug-likeness (QED) is 0.758. The van der Waals surface area contributed by atoms with Gasteiger partial charge in [-0.2, -0.15) is 0 Å². The van der Waals surface area contributed by atoms with Crippen LogP contribution >= 0.6 is 15.9 Å². The number of pyridine rings is 1. The molecule has 0 N–H and O–H groups in total. The van der Waals surface area contributed by atoms with Crippen molar-refractivity contribution in [3.05, 3.63) is 64.4 Å². The molecule has 24 heavy (non-hydrogen) atoms. The fraction of sp³-hybridized carbons (Fsp3) is 0.368. The van der Waals surface area contributed by atoms with E-state index in [-0.39, 0.29) is 12.0 Å². The summed E-state index contributed by atoms with van der Waals surface area (Å²) in [6.07, 6.45) is 6.21. The van der Waals surface area contributed by atoms with E-state index < -0.39 is 0 Å². The van der Waals surface area contributed by atoms with Gasteiger partial charge in [-0.3, -0.25) is 9.78 Å². The summed E-state index contributed by atoms with van der Waals surface area (Å²) in [6.45, 7) is 2.01. The van der Waals surface area contributed by atoms with Crippen LogP contribution in [0.3, 0.4) is 0 Å². The number of halogens is 1. The maximum absolute atomic E-state index is 12.8. The first-order chi connectivity index (χ1) is 11.7. The first-order valence-electron chi connectivity index (χ1n) is 8.23. The number of rotatable bonds is 6. The Morgan fingerprint density at radius 3 is 2.75 bits per heavy atom. The van der Waals surface area contributed by atoms with Gasteiger partial charge in [0.2, 0.25) is 5.91 Å². The molecule has 0 radical (unpaired) electrons. The van der Waals surface area contributed by atoms with E-state index in [1.165, 1.54) is 0 Å². The lowest BCUT2D eigenvalue weighted by Gasteiger charge is -2.25. The predicted octanol–water partition coefficient (Wildman–Crippen LogP) is 3.59. The molecule has 0 saturated carbocycles. The minimum absolute atomic E-state index is 0.122. The van der Waals surface area contributed by atoms with Crippen LogP contribution in [0.15, 0.2) is 53.3 Å². The molecule has 1 unspecified atom stereocenters. The Hall–Kier alpha value is -1.72. The second-order valence-electron chi connectivity index (χ2n) is 6.07. The highest BCUT2D eigenvalue weighted by atomic mass is 79.9. The number of hydrogen-bond acceptors (Lipinski definition) is 3. The zero-order chi connectivity index (χ0) is 16.8. The molecular weight excluding hydrogens is 368 g/mol. The van der Waals surface area contributed by atoms with E-state index in [1.807, 2.05) is 47.5 Å².